The maximum atomic E-state index is 11.4. The summed E-state index contributed by atoms with van der Waals surface area (Å²) >= 11 is 0. The van der Waals surface area contributed by atoms with Crippen LogP contribution in [0.5, 0.6) is 0 Å². The molecule has 0 saturated carbocycles. The van der Waals surface area contributed by atoms with Crippen molar-refractivity contribution < 1.29 is 4.79 Å². The zero-order valence-electron chi connectivity index (χ0n) is 14.8. The summed E-state index contributed by atoms with van der Waals surface area (Å²) in [5, 5.41) is 7.50. The fraction of sp³-hybridized carbons (Fsp3) is 0.474. The molecular formula is C19H26N4O. The molecule has 0 saturated heterocycles. The molecule has 0 bridgehead atoms. The number of carbonyl (C=O) groups is 1. The number of aromatic nitrogens is 2. The second-order valence-electron chi connectivity index (χ2n) is 6.56. The fourth-order valence-corrected chi connectivity index (χ4v) is 3.24. The van der Waals surface area contributed by atoms with Gasteiger partial charge in [-0.1, -0.05) is 25.1 Å². The highest BCUT2D eigenvalue weighted by Crippen LogP contribution is 2.20. The van der Waals surface area contributed by atoms with Gasteiger partial charge >= 0.3 is 0 Å². The third kappa shape index (κ3) is 3.67. The van der Waals surface area contributed by atoms with Crippen LogP contribution in [0.25, 0.3) is 0 Å². The first-order valence-corrected chi connectivity index (χ1v) is 8.66. The summed E-state index contributed by atoms with van der Waals surface area (Å²) in [5.41, 5.74) is 6.32. The number of rotatable bonds is 5. The van der Waals surface area contributed by atoms with Gasteiger partial charge in [0.2, 0.25) is 5.91 Å². The molecule has 0 unspecified atom stereocenters. The van der Waals surface area contributed by atoms with Crippen molar-refractivity contribution in [2.75, 3.05) is 6.54 Å². The Hall–Kier alpha value is -2.14. The first kappa shape index (κ1) is 16.7. The van der Waals surface area contributed by atoms with Crippen LogP contribution in [0.2, 0.25) is 0 Å². The molecule has 0 spiro atoms. The molecule has 1 N–H and O–H groups in total. The molecule has 2 heterocycles. The summed E-state index contributed by atoms with van der Waals surface area (Å²) in [6, 6.07) is 8.61. The van der Waals surface area contributed by atoms with Crippen LogP contribution in [-0.4, -0.2) is 27.1 Å². The molecule has 5 nitrogen and oxygen atoms in total. The number of aryl methyl sites for hydroxylation is 2. The number of nitrogens with one attached hydrogen (secondary N) is 1. The number of hydrogen-bond donors (Lipinski definition) is 1. The Morgan fingerprint density at radius 3 is 2.71 bits per heavy atom. The van der Waals surface area contributed by atoms with E-state index in [-0.39, 0.29) is 5.91 Å². The average molecular weight is 326 g/mol. The van der Waals surface area contributed by atoms with Crippen molar-refractivity contribution in [1.29, 1.82) is 0 Å². The topological polar surface area (TPSA) is 50.2 Å². The van der Waals surface area contributed by atoms with Crippen LogP contribution in [0.15, 0.2) is 24.3 Å². The number of nitrogens with zero attached hydrogens (tertiary/aromatic N) is 3. The second kappa shape index (κ2) is 7.18. The summed E-state index contributed by atoms with van der Waals surface area (Å²) in [6.45, 7) is 10.5. The predicted octanol–water partition coefficient (Wildman–Crippen LogP) is 2.54. The Kier molecular flexibility index (Phi) is 5.00. The van der Waals surface area contributed by atoms with Crippen LogP contribution in [-0.2, 0) is 31.0 Å². The minimum Gasteiger partial charge on any atom is -0.350 e. The number of amides is 1. The Balaban J connectivity index is 1.66. The van der Waals surface area contributed by atoms with E-state index in [1.54, 1.807) is 0 Å². The van der Waals surface area contributed by atoms with Crippen molar-refractivity contribution in [2.45, 2.75) is 53.4 Å². The highest BCUT2D eigenvalue weighted by Gasteiger charge is 2.19. The minimum absolute atomic E-state index is 0.0672. The summed E-state index contributed by atoms with van der Waals surface area (Å²) in [4.78, 5) is 13.9. The Morgan fingerprint density at radius 1 is 1.25 bits per heavy atom. The van der Waals surface area contributed by atoms with Gasteiger partial charge in [-0.25, -0.2) is 0 Å². The maximum absolute atomic E-state index is 11.4. The molecule has 128 valence electrons. The molecule has 2 aromatic rings. The highest BCUT2D eigenvalue weighted by atomic mass is 16.1. The van der Waals surface area contributed by atoms with Gasteiger partial charge in [0.1, 0.15) is 0 Å². The minimum atomic E-state index is 0.0672. The molecule has 1 amide bonds. The van der Waals surface area contributed by atoms with E-state index in [4.69, 9.17) is 0 Å². The van der Waals surface area contributed by atoms with E-state index in [0.717, 1.165) is 31.9 Å². The Morgan fingerprint density at radius 2 is 2.00 bits per heavy atom. The zero-order valence-corrected chi connectivity index (χ0v) is 14.8. The van der Waals surface area contributed by atoms with E-state index in [2.05, 4.69) is 58.1 Å². The van der Waals surface area contributed by atoms with Gasteiger partial charge in [0, 0.05) is 26.1 Å². The lowest BCUT2D eigenvalue weighted by molar-refractivity contribution is -0.120. The molecule has 0 fully saturated rings. The monoisotopic (exact) mass is 326 g/mol. The summed E-state index contributed by atoms with van der Waals surface area (Å²) in [7, 11) is 0. The van der Waals surface area contributed by atoms with Crippen LogP contribution < -0.4 is 5.32 Å². The lowest BCUT2D eigenvalue weighted by Crippen LogP contribution is -2.33. The van der Waals surface area contributed by atoms with Gasteiger partial charge in [0.15, 0.2) is 0 Å². The molecule has 0 atom stereocenters. The Bertz CT molecular complexity index is 715. The van der Waals surface area contributed by atoms with Gasteiger partial charge in [-0.2, -0.15) is 5.10 Å². The fourth-order valence-electron chi connectivity index (χ4n) is 3.24. The van der Waals surface area contributed by atoms with Gasteiger partial charge in [-0.3, -0.25) is 14.4 Å². The molecule has 0 radical (unpaired) electrons. The smallest absolute Gasteiger partial charge is 0.220 e. The molecule has 1 aliphatic rings. The van der Waals surface area contributed by atoms with Crippen LogP contribution in [0.4, 0.5) is 0 Å². The number of carbonyl (C=O) groups excluding carboxylic acids is 1. The third-order valence-corrected chi connectivity index (χ3v) is 4.74. The van der Waals surface area contributed by atoms with Gasteiger partial charge < -0.3 is 5.32 Å². The Labute approximate surface area is 143 Å². The van der Waals surface area contributed by atoms with Gasteiger partial charge in [-0.05, 0) is 36.6 Å². The van der Waals surface area contributed by atoms with Crippen molar-refractivity contribution in [1.82, 2.24) is 20.0 Å². The van der Waals surface area contributed by atoms with Crippen LogP contribution in [0.1, 0.15) is 41.4 Å². The van der Waals surface area contributed by atoms with Crippen molar-refractivity contribution >= 4 is 5.91 Å². The second-order valence-corrected chi connectivity index (χ2v) is 6.56. The zero-order chi connectivity index (χ0) is 17.1. The molecule has 3 rings (SSSR count). The predicted molar refractivity (Wildman–Crippen MR) is 94.4 cm³/mol. The molecule has 5 heteroatoms. The molecule has 1 aromatic heterocycles. The largest absolute Gasteiger partial charge is 0.350 e. The highest BCUT2D eigenvalue weighted by molar-refractivity contribution is 5.75. The maximum Gasteiger partial charge on any atom is 0.220 e. The van der Waals surface area contributed by atoms with Crippen molar-refractivity contribution in [3.63, 3.8) is 0 Å². The van der Waals surface area contributed by atoms with E-state index in [1.807, 2.05) is 6.92 Å². The lowest BCUT2D eigenvalue weighted by atomic mass is 10.0. The first-order chi connectivity index (χ1) is 11.6. The standard InChI is InChI=1S/C19H26N4O/c1-4-19(24)20-11-16-10-17-12-22(8-9-23(17)21-16)13-18-14(2)6-5-7-15(18)3/h5-7,10H,4,8-9,11-13H2,1-3H3,(H,20,24). The molecule has 24 heavy (non-hydrogen) atoms. The van der Waals surface area contributed by atoms with E-state index in [9.17, 15) is 4.79 Å². The van der Waals surface area contributed by atoms with Crippen LogP contribution in [0, 0.1) is 13.8 Å². The molecular weight excluding hydrogens is 300 g/mol. The summed E-state index contributed by atoms with van der Waals surface area (Å²) in [6.07, 6.45) is 0.511. The van der Waals surface area contributed by atoms with E-state index in [1.165, 1.54) is 22.4 Å². The molecule has 1 aromatic carbocycles. The van der Waals surface area contributed by atoms with E-state index in [0.29, 0.717) is 13.0 Å². The van der Waals surface area contributed by atoms with E-state index >= 15 is 0 Å². The summed E-state index contributed by atoms with van der Waals surface area (Å²) in [5.74, 6) is 0.0672. The van der Waals surface area contributed by atoms with Crippen molar-refractivity contribution in [3.8, 4) is 0 Å². The van der Waals surface area contributed by atoms with Crippen molar-refractivity contribution in [3.05, 3.63) is 52.3 Å². The molecule has 0 aliphatic carbocycles. The normalized spacial score (nSPS) is 14.5. The third-order valence-electron chi connectivity index (χ3n) is 4.74. The number of hydrogen-bond acceptors (Lipinski definition) is 3. The van der Waals surface area contributed by atoms with E-state index < -0.39 is 0 Å². The van der Waals surface area contributed by atoms with Gasteiger partial charge in [0.25, 0.3) is 0 Å². The van der Waals surface area contributed by atoms with Crippen LogP contribution >= 0.6 is 0 Å². The first-order valence-electron chi connectivity index (χ1n) is 8.66. The quantitative estimate of drug-likeness (QED) is 0.918. The SMILES string of the molecule is CCC(=O)NCc1cc2n(n1)CCN(Cc1c(C)cccc1C)C2. The van der Waals surface area contributed by atoms with Gasteiger partial charge in [-0.15, -0.1) is 0 Å². The number of benzene rings is 1. The van der Waals surface area contributed by atoms with Gasteiger partial charge in [0.05, 0.1) is 24.5 Å². The van der Waals surface area contributed by atoms with Crippen LogP contribution in [0.3, 0.4) is 0 Å². The lowest BCUT2D eigenvalue weighted by Gasteiger charge is -2.28. The average Bonchev–Trinajstić information content (AvgIpc) is 2.98. The number of fused-ring (bicyclic) bond motifs is 1. The molecule has 1 aliphatic heterocycles. The summed E-state index contributed by atoms with van der Waals surface area (Å²) < 4.78 is 2.08. The van der Waals surface area contributed by atoms with Crippen molar-refractivity contribution in [2.24, 2.45) is 0 Å².